The SMILES string of the molecule is Cc1cc(N2CCC(C)C(O)C2)c2cc(N)ccc2n1. The van der Waals surface area contributed by atoms with Crippen molar-refractivity contribution in [3.8, 4) is 0 Å². The molecule has 0 radical (unpaired) electrons. The van der Waals surface area contributed by atoms with Crippen LogP contribution in [0.3, 0.4) is 0 Å². The summed E-state index contributed by atoms with van der Waals surface area (Å²) in [5, 5.41) is 11.2. The van der Waals surface area contributed by atoms with Crippen LogP contribution in [0.2, 0.25) is 0 Å². The number of nitrogens with two attached hydrogens (primary N) is 1. The van der Waals surface area contributed by atoms with Gasteiger partial charge in [0.15, 0.2) is 0 Å². The molecule has 1 aromatic heterocycles. The van der Waals surface area contributed by atoms with Gasteiger partial charge >= 0.3 is 0 Å². The molecule has 3 rings (SSSR count). The zero-order valence-corrected chi connectivity index (χ0v) is 12.0. The van der Waals surface area contributed by atoms with Gasteiger partial charge in [-0.1, -0.05) is 6.92 Å². The summed E-state index contributed by atoms with van der Waals surface area (Å²) in [4.78, 5) is 6.81. The molecule has 0 saturated carbocycles. The second kappa shape index (κ2) is 4.94. The number of aryl methyl sites for hydroxylation is 1. The molecular weight excluding hydrogens is 250 g/mol. The third kappa shape index (κ3) is 2.31. The van der Waals surface area contributed by atoms with Crippen LogP contribution in [0.1, 0.15) is 19.0 Å². The summed E-state index contributed by atoms with van der Waals surface area (Å²) in [7, 11) is 0. The molecule has 2 unspecified atom stereocenters. The molecule has 4 heteroatoms. The Labute approximate surface area is 119 Å². The minimum Gasteiger partial charge on any atom is -0.399 e. The molecule has 0 amide bonds. The van der Waals surface area contributed by atoms with E-state index < -0.39 is 0 Å². The standard InChI is InChI=1S/C16H21N3O/c1-10-5-6-19(9-16(10)20)15-7-11(2)18-14-4-3-12(17)8-13(14)15/h3-4,7-8,10,16,20H,5-6,9,17H2,1-2H3. The third-order valence-electron chi connectivity index (χ3n) is 4.20. The number of fused-ring (bicyclic) bond motifs is 1. The van der Waals surface area contributed by atoms with Crippen molar-refractivity contribution < 1.29 is 5.11 Å². The highest BCUT2D eigenvalue weighted by Crippen LogP contribution is 2.31. The number of nitrogen functional groups attached to an aromatic ring is 1. The van der Waals surface area contributed by atoms with E-state index in [9.17, 15) is 5.11 Å². The van der Waals surface area contributed by atoms with Gasteiger partial charge in [0, 0.05) is 35.5 Å². The monoisotopic (exact) mass is 271 g/mol. The minimum atomic E-state index is -0.270. The van der Waals surface area contributed by atoms with Crippen LogP contribution < -0.4 is 10.6 Å². The smallest absolute Gasteiger partial charge is 0.0741 e. The van der Waals surface area contributed by atoms with Crippen LogP contribution in [0.4, 0.5) is 11.4 Å². The normalized spacial score (nSPS) is 23.2. The van der Waals surface area contributed by atoms with Crippen LogP contribution in [0, 0.1) is 12.8 Å². The summed E-state index contributed by atoms with van der Waals surface area (Å²) in [6.45, 7) is 5.75. The topological polar surface area (TPSA) is 62.4 Å². The molecule has 0 aliphatic carbocycles. The first-order valence-electron chi connectivity index (χ1n) is 7.14. The highest BCUT2D eigenvalue weighted by molar-refractivity contribution is 5.94. The summed E-state index contributed by atoms with van der Waals surface area (Å²) < 4.78 is 0. The maximum absolute atomic E-state index is 10.1. The van der Waals surface area contributed by atoms with E-state index >= 15 is 0 Å². The Morgan fingerprint density at radius 1 is 1.35 bits per heavy atom. The number of benzene rings is 1. The van der Waals surface area contributed by atoms with Crippen molar-refractivity contribution in [2.45, 2.75) is 26.4 Å². The van der Waals surface area contributed by atoms with Gasteiger partial charge in [-0.2, -0.15) is 0 Å². The average Bonchev–Trinajstić information content (AvgIpc) is 2.41. The van der Waals surface area contributed by atoms with Gasteiger partial charge < -0.3 is 15.7 Å². The molecule has 0 bridgehead atoms. The number of rotatable bonds is 1. The third-order valence-corrected chi connectivity index (χ3v) is 4.20. The number of hydrogen-bond donors (Lipinski definition) is 2. The van der Waals surface area contributed by atoms with Gasteiger partial charge in [-0.15, -0.1) is 0 Å². The first kappa shape index (κ1) is 13.2. The number of aliphatic hydroxyl groups excluding tert-OH is 1. The fourth-order valence-corrected chi connectivity index (χ4v) is 2.88. The lowest BCUT2D eigenvalue weighted by atomic mass is 9.95. The molecule has 0 spiro atoms. The summed E-state index contributed by atoms with van der Waals surface area (Å²) in [5.41, 5.74) is 9.74. The Morgan fingerprint density at radius 2 is 2.15 bits per heavy atom. The van der Waals surface area contributed by atoms with Crippen molar-refractivity contribution in [1.82, 2.24) is 4.98 Å². The van der Waals surface area contributed by atoms with Gasteiger partial charge in [0.1, 0.15) is 0 Å². The maximum atomic E-state index is 10.1. The van der Waals surface area contributed by atoms with E-state index in [0.717, 1.165) is 40.9 Å². The van der Waals surface area contributed by atoms with Crippen molar-refractivity contribution in [2.24, 2.45) is 5.92 Å². The van der Waals surface area contributed by atoms with Crippen LogP contribution in [-0.2, 0) is 0 Å². The number of β-amino-alcohol motifs (C(OH)–C–C–N with tert-alkyl or cyclic N) is 1. The Balaban J connectivity index is 2.08. The van der Waals surface area contributed by atoms with E-state index in [1.807, 2.05) is 25.1 Å². The van der Waals surface area contributed by atoms with Gasteiger partial charge in [-0.05, 0) is 43.5 Å². The fraction of sp³-hybridized carbons (Fsp3) is 0.438. The molecule has 1 aliphatic heterocycles. The van der Waals surface area contributed by atoms with Gasteiger partial charge in [0.25, 0.3) is 0 Å². The molecule has 2 atom stereocenters. The number of anilines is 2. The van der Waals surface area contributed by atoms with Crippen molar-refractivity contribution >= 4 is 22.3 Å². The Hall–Kier alpha value is -1.81. The Morgan fingerprint density at radius 3 is 2.90 bits per heavy atom. The molecule has 1 aliphatic rings. The van der Waals surface area contributed by atoms with E-state index in [-0.39, 0.29) is 6.10 Å². The maximum Gasteiger partial charge on any atom is 0.0741 e. The Kier molecular flexibility index (Phi) is 3.26. The lowest BCUT2D eigenvalue weighted by Crippen LogP contribution is -2.43. The lowest BCUT2D eigenvalue weighted by Gasteiger charge is -2.36. The molecule has 2 heterocycles. The molecular formula is C16H21N3O. The number of nitrogens with zero attached hydrogens (tertiary/aromatic N) is 2. The van der Waals surface area contributed by atoms with Crippen LogP contribution in [0.5, 0.6) is 0 Å². The molecule has 4 nitrogen and oxygen atoms in total. The second-order valence-corrected chi connectivity index (χ2v) is 5.84. The van der Waals surface area contributed by atoms with E-state index in [4.69, 9.17) is 5.73 Å². The van der Waals surface area contributed by atoms with Gasteiger partial charge in [0.05, 0.1) is 11.6 Å². The van der Waals surface area contributed by atoms with Gasteiger partial charge in [0.2, 0.25) is 0 Å². The number of piperidine rings is 1. The van der Waals surface area contributed by atoms with E-state index in [1.165, 1.54) is 0 Å². The number of aromatic nitrogens is 1. The van der Waals surface area contributed by atoms with E-state index in [0.29, 0.717) is 12.5 Å². The second-order valence-electron chi connectivity index (χ2n) is 5.84. The lowest BCUT2D eigenvalue weighted by molar-refractivity contribution is 0.103. The summed E-state index contributed by atoms with van der Waals surface area (Å²) in [6, 6.07) is 7.90. The van der Waals surface area contributed by atoms with Crippen LogP contribution >= 0.6 is 0 Å². The van der Waals surface area contributed by atoms with E-state index in [1.54, 1.807) is 0 Å². The molecule has 1 fully saturated rings. The highest BCUT2D eigenvalue weighted by atomic mass is 16.3. The molecule has 1 aromatic carbocycles. The van der Waals surface area contributed by atoms with Crippen LogP contribution in [0.25, 0.3) is 10.9 Å². The molecule has 20 heavy (non-hydrogen) atoms. The van der Waals surface area contributed by atoms with Crippen LogP contribution in [0.15, 0.2) is 24.3 Å². The zero-order valence-electron chi connectivity index (χ0n) is 12.0. The fourth-order valence-electron chi connectivity index (χ4n) is 2.88. The van der Waals surface area contributed by atoms with Crippen molar-refractivity contribution in [3.05, 3.63) is 30.0 Å². The van der Waals surface area contributed by atoms with Gasteiger partial charge in [-0.3, -0.25) is 4.98 Å². The van der Waals surface area contributed by atoms with Gasteiger partial charge in [-0.25, -0.2) is 0 Å². The largest absolute Gasteiger partial charge is 0.399 e. The minimum absolute atomic E-state index is 0.270. The summed E-state index contributed by atoms with van der Waals surface area (Å²) in [5.74, 6) is 0.366. The summed E-state index contributed by atoms with van der Waals surface area (Å²) in [6.07, 6.45) is 0.736. The first-order chi connectivity index (χ1) is 9.54. The average molecular weight is 271 g/mol. The predicted octanol–water partition coefficient (Wildman–Crippen LogP) is 2.33. The first-order valence-corrected chi connectivity index (χ1v) is 7.14. The van der Waals surface area contributed by atoms with Crippen molar-refractivity contribution in [1.29, 1.82) is 0 Å². The molecule has 106 valence electrons. The quantitative estimate of drug-likeness (QED) is 0.781. The van der Waals surface area contributed by atoms with Crippen molar-refractivity contribution in [2.75, 3.05) is 23.7 Å². The van der Waals surface area contributed by atoms with E-state index in [2.05, 4.69) is 22.9 Å². The number of pyridine rings is 1. The zero-order chi connectivity index (χ0) is 14.3. The Bertz CT molecular complexity index is 641. The number of hydrogen-bond acceptors (Lipinski definition) is 4. The van der Waals surface area contributed by atoms with Crippen molar-refractivity contribution in [3.63, 3.8) is 0 Å². The number of aliphatic hydroxyl groups is 1. The predicted molar refractivity (Wildman–Crippen MR) is 82.9 cm³/mol. The van der Waals surface area contributed by atoms with Crippen LogP contribution in [-0.4, -0.2) is 29.3 Å². The highest BCUT2D eigenvalue weighted by Gasteiger charge is 2.25. The molecule has 1 saturated heterocycles. The molecule has 2 aromatic rings. The summed E-state index contributed by atoms with van der Waals surface area (Å²) >= 11 is 0. The molecule has 3 N–H and O–H groups in total.